The van der Waals surface area contributed by atoms with Crippen LogP contribution in [-0.2, 0) is 6.54 Å². The van der Waals surface area contributed by atoms with Gasteiger partial charge in [-0.1, -0.05) is 30.3 Å². The van der Waals surface area contributed by atoms with Gasteiger partial charge in [0.05, 0.1) is 23.6 Å². The van der Waals surface area contributed by atoms with Gasteiger partial charge in [-0.15, -0.1) is 0 Å². The van der Waals surface area contributed by atoms with E-state index >= 15 is 0 Å². The number of nitrogens with zero attached hydrogens (tertiary/aromatic N) is 2. The zero-order valence-electron chi connectivity index (χ0n) is 15.3. The van der Waals surface area contributed by atoms with Crippen LogP contribution in [-0.4, -0.2) is 30.1 Å². The lowest BCUT2D eigenvalue weighted by molar-refractivity contribution is -0.385. The molecule has 0 aliphatic carbocycles. The van der Waals surface area contributed by atoms with Crippen LogP contribution in [0.4, 0.5) is 10.1 Å². The molecule has 0 heterocycles. The van der Waals surface area contributed by atoms with Crippen LogP contribution < -0.4 is 15.4 Å². The van der Waals surface area contributed by atoms with E-state index in [0.717, 1.165) is 0 Å². The first-order valence-electron chi connectivity index (χ1n) is 8.67. The maximum atomic E-state index is 13.6. The summed E-state index contributed by atoms with van der Waals surface area (Å²) in [6.07, 6.45) is -0.309. The first-order chi connectivity index (χ1) is 13.0. The van der Waals surface area contributed by atoms with E-state index in [2.05, 4.69) is 15.6 Å². The van der Waals surface area contributed by atoms with Gasteiger partial charge in [0.2, 0.25) is 0 Å². The van der Waals surface area contributed by atoms with Gasteiger partial charge < -0.3 is 15.4 Å². The lowest BCUT2D eigenvalue weighted by Crippen LogP contribution is -2.41. The number of benzene rings is 2. The number of hydrogen-bond donors (Lipinski definition) is 2. The van der Waals surface area contributed by atoms with Crippen molar-refractivity contribution in [2.24, 2.45) is 4.99 Å². The molecule has 0 aliphatic heterocycles. The maximum absolute atomic E-state index is 13.6. The number of halogens is 1. The molecule has 0 fully saturated rings. The predicted octanol–water partition coefficient (Wildman–Crippen LogP) is 3.26. The summed E-state index contributed by atoms with van der Waals surface area (Å²) in [5.41, 5.74) is 0.559. The van der Waals surface area contributed by atoms with E-state index in [1.807, 2.05) is 13.8 Å². The van der Waals surface area contributed by atoms with Crippen LogP contribution in [0, 0.1) is 15.9 Å². The van der Waals surface area contributed by atoms with Gasteiger partial charge in [-0.3, -0.25) is 10.1 Å². The van der Waals surface area contributed by atoms with Crippen LogP contribution in [0.25, 0.3) is 0 Å². The molecule has 144 valence electrons. The smallest absolute Gasteiger partial charge is 0.274 e. The highest BCUT2D eigenvalue weighted by atomic mass is 19.1. The molecular formula is C19H23FN4O3. The average Bonchev–Trinajstić information content (AvgIpc) is 2.66. The molecule has 0 amide bonds. The molecule has 8 heteroatoms. The highest BCUT2D eigenvalue weighted by Gasteiger charge is 2.12. The summed E-state index contributed by atoms with van der Waals surface area (Å²) in [6.45, 7) is 4.91. The number of nitro benzene ring substituents is 1. The predicted molar refractivity (Wildman–Crippen MR) is 102 cm³/mol. The normalized spacial score (nSPS) is 12.3. The van der Waals surface area contributed by atoms with Gasteiger partial charge in [-0.05, 0) is 26.0 Å². The van der Waals surface area contributed by atoms with Crippen LogP contribution in [0.5, 0.6) is 5.75 Å². The van der Waals surface area contributed by atoms with Crippen molar-refractivity contribution >= 4 is 11.6 Å². The number of nitrogens with one attached hydrogen (secondary N) is 2. The molecule has 0 aromatic heterocycles. The molecule has 2 aromatic carbocycles. The fourth-order valence-electron chi connectivity index (χ4n) is 2.37. The van der Waals surface area contributed by atoms with Gasteiger partial charge in [0.25, 0.3) is 5.69 Å². The standard InChI is InChI=1S/C19H23FN4O3/c1-3-21-19(23-13-15-8-4-6-10-17(15)24(25)26)22-12-14(2)27-18-11-7-5-9-16(18)20/h4-11,14H,3,12-13H2,1-2H3,(H2,21,22,23). The molecule has 0 saturated heterocycles. The third-order valence-corrected chi connectivity index (χ3v) is 3.66. The molecule has 1 unspecified atom stereocenters. The lowest BCUT2D eigenvalue weighted by Gasteiger charge is -2.18. The van der Waals surface area contributed by atoms with E-state index in [1.54, 1.807) is 36.4 Å². The Morgan fingerprint density at radius 2 is 1.93 bits per heavy atom. The Labute approximate surface area is 157 Å². The van der Waals surface area contributed by atoms with Crippen molar-refractivity contribution in [1.82, 2.24) is 10.6 Å². The zero-order valence-corrected chi connectivity index (χ0v) is 15.3. The van der Waals surface area contributed by atoms with Crippen molar-refractivity contribution in [1.29, 1.82) is 0 Å². The largest absolute Gasteiger partial charge is 0.486 e. The first kappa shape index (κ1) is 20.2. The summed E-state index contributed by atoms with van der Waals surface area (Å²) in [5.74, 6) is 0.273. The molecule has 0 radical (unpaired) electrons. The number of hydrogen-bond acceptors (Lipinski definition) is 4. The SMILES string of the molecule is CCNC(=NCc1ccccc1[N+](=O)[O-])NCC(C)Oc1ccccc1F. The van der Waals surface area contributed by atoms with Crippen molar-refractivity contribution in [2.45, 2.75) is 26.5 Å². The number of guanidine groups is 1. The Hall–Kier alpha value is -3.16. The fraction of sp³-hybridized carbons (Fsp3) is 0.316. The van der Waals surface area contributed by atoms with Crippen LogP contribution in [0.1, 0.15) is 19.4 Å². The van der Waals surface area contributed by atoms with Gasteiger partial charge in [0, 0.05) is 12.6 Å². The molecule has 1 atom stereocenters. The summed E-state index contributed by atoms with van der Waals surface area (Å²) in [7, 11) is 0. The molecule has 7 nitrogen and oxygen atoms in total. The number of ether oxygens (including phenoxy) is 1. The second-order valence-electron chi connectivity index (χ2n) is 5.82. The van der Waals surface area contributed by atoms with Gasteiger partial charge in [0.15, 0.2) is 17.5 Å². The highest BCUT2D eigenvalue weighted by Crippen LogP contribution is 2.18. The second kappa shape index (κ2) is 10.1. The first-order valence-corrected chi connectivity index (χ1v) is 8.67. The fourth-order valence-corrected chi connectivity index (χ4v) is 2.37. The third-order valence-electron chi connectivity index (χ3n) is 3.66. The Balaban J connectivity index is 1.97. The summed E-state index contributed by atoms with van der Waals surface area (Å²) in [6, 6.07) is 12.7. The molecule has 0 spiro atoms. The molecule has 0 saturated carbocycles. The van der Waals surface area contributed by atoms with E-state index in [4.69, 9.17) is 4.74 Å². The monoisotopic (exact) mass is 374 g/mol. The third kappa shape index (κ3) is 6.25. The van der Waals surface area contributed by atoms with E-state index in [1.165, 1.54) is 12.1 Å². The van der Waals surface area contributed by atoms with Gasteiger partial charge >= 0.3 is 0 Å². The minimum absolute atomic E-state index is 0.0355. The summed E-state index contributed by atoms with van der Waals surface area (Å²) in [5, 5.41) is 17.3. The van der Waals surface area contributed by atoms with E-state index in [-0.39, 0.29) is 24.1 Å². The molecule has 0 bridgehead atoms. The number of aliphatic imine (C=N–C) groups is 1. The van der Waals surface area contributed by atoms with Crippen molar-refractivity contribution < 1.29 is 14.1 Å². The Kier molecular flexibility index (Phi) is 7.54. The zero-order chi connectivity index (χ0) is 19.6. The van der Waals surface area contributed by atoms with E-state index < -0.39 is 10.7 Å². The van der Waals surface area contributed by atoms with Crippen molar-refractivity contribution in [3.63, 3.8) is 0 Å². The molecule has 0 aliphatic rings. The second-order valence-corrected chi connectivity index (χ2v) is 5.82. The highest BCUT2D eigenvalue weighted by molar-refractivity contribution is 5.79. The Bertz CT molecular complexity index is 798. The summed E-state index contributed by atoms with van der Waals surface area (Å²) in [4.78, 5) is 15.0. The Morgan fingerprint density at radius 1 is 1.22 bits per heavy atom. The topological polar surface area (TPSA) is 88.8 Å². The molecular weight excluding hydrogens is 351 g/mol. The van der Waals surface area contributed by atoms with Gasteiger partial charge in [-0.25, -0.2) is 9.38 Å². The minimum atomic E-state index is -0.421. The molecule has 2 N–H and O–H groups in total. The number of nitro groups is 1. The summed E-state index contributed by atoms with van der Waals surface area (Å²) >= 11 is 0. The van der Waals surface area contributed by atoms with Gasteiger partial charge in [0.1, 0.15) is 6.10 Å². The minimum Gasteiger partial charge on any atom is -0.486 e. The number of para-hydroxylation sites is 2. The van der Waals surface area contributed by atoms with Crippen LogP contribution in [0.15, 0.2) is 53.5 Å². The van der Waals surface area contributed by atoms with Crippen LogP contribution >= 0.6 is 0 Å². The lowest BCUT2D eigenvalue weighted by atomic mass is 10.2. The van der Waals surface area contributed by atoms with Crippen LogP contribution in [0.3, 0.4) is 0 Å². The summed E-state index contributed by atoms with van der Waals surface area (Å²) < 4.78 is 19.2. The van der Waals surface area contributed by atoms with E-state index in [9.17, 15) is 14.5 Å². The van der Waals surface area contributed by atoms with Crippen molar-refractivity contribution in [3.8, 4) is 5.75 Å². The molecule has 27 heavy (non-hydrogen) atoms. The average molecular weight is 374 g/mol. The van der Waals surface area contributed by atoms with E-state index in [0.29, 0.717) is 24.6 Å². The quantitative estimate of drug-likeness (QED) is 0.320. The molecule has 2 aromatic rings. The number of rotatable bonds is 8. The Morgan fingerprint density at radius 3 is 2.63 bits per heavy atom. The maximum Gasteiger partial charge on any atom is 0.274 e. The van der Waals surface area contributed by atoms with Gasteiger partial charge in [-0.2, -0.15) is 0 Å². The molecule has 2 rings (SSSR count). The van der Waals surface area contributed by atoms with Crippen molar-refractivity contribution in [2.75, 3.05) is 13.1 Å². The van der Waals surface area contributed by atoms with Crippen molar-refractivity contribution in [3.05, 3.63) is 70.0 Å². The van der Waals surface area contributed by atoms with Crippen LogP contribution in [0.2, 0.25) is 0 Å².